The highest BCUT2D eigenvalue weighted by Crippen LogP contribution is 2.31. The topological polar surface area (TPSA) is 38.0 Å². The number of aromatic nitrogens is 2. The van der Waals surface area contributed by atoms with Crippen LogP contribution in [0.3, 0.4) is 0 Å². The van der Waals surface area contributed by atoms with Gasteiger partial charge in [0.1, 0.15) is 17.6 Å². The van der Waals surface area contributed by atoms with Crippen LogP contribution in [-0.4, -0.2) is 21.3 Å². The van der Waals surface area contributed by atoms with E-state index in [0.29, 0.717) is 22.2 Å². The fourth-order valence-corrected chi connectivity index (χ4v) is 2.45. The standard InChI is InChI=1S/C16H13F3N2O/c1-21-13-8-10(15(22)16(18)19)5-6-12(13)14(20-21)9-3-2-4-11(17)7-9/h2-8,15-16,22H,1H3. The molecule has 6 heteroatoms. The van der Waals surface area contributed by atoms with Crippen LogP contribution in [0.2, 0.25) is 0 Å². The Labute approximate surface area is 124 Å². The molecule has 1 N–H and O–H groups in total. The molecule has 3 rings (SSSR count). The minimum atomic E-state index is -2.85. The molecule has 0 radical (unpaired) electrons. The van der Waals surface area contributed by atoms with Gasteiger partial charge in [-0.25, -0.2) is 13.2 Å². The molecule has 0 saturated carbocycles. The number of halogens is 3. The summed E-state index contributed by atoms with van der Waals surface area (Å²) in [7, 11) is 1.67. The summed E-state index contributed by atoms with van der Waals surface area (Å²) in [6, 6.07) is 10.5. The highest BCUT2D eigenvalue weighted by molar-refractivity contribution is 5.93. The van der Waals surface area contributed by atoms with E-state index in [1.807, 2.05) is 0 Å². The molecule has 0 bridgehead atoms. The Hall–Kier alpha value is -2.34. The minimum absolute atomic E-state index is 0.122. The van der Waals surface area contributed by atoms with Gasteiger partial charge in [0, 0.05) is 18.0 Å². The van der Waals surface area contributed by atoms with Crippen LogP contribution in [0.15, 0.2) is 42.5 Å². The Morgan fingerprint density at radius 1 is 1.14 bits per heavy atom. The minimum Gasteiger partial charge on any atom is -0.382 e. The lowest BCUT2D eigenvalue weighted by atomic mass is 10.0. The first kappa shape index (κ1) is 14.6. The highest BCUT2D eigenvalue weighted by atomic mass is 19.3. The fraction of sp³-hybridized carbons (Fsp3) is 0.188. The number of aryl methyl sites for hydroxylation is 1. The van der Waals surface area contributed by atoms with Gasteiger partial charge in [0.05, 0.1) is 5.52 Å². The van der Waals surface area contributed by atoms with Gasteiger partial charge in [-0.15, -0.1) is 0 Å². The van der Waals surface area contributed by atoms with Crippen LogP contribution in [0.25, 0.3) is 22.2 Å². The number of benzene rings is 2. The predicted octanol–water partition coefficient (Wildman–Crippen LogP) is 3.68. The molecular formula is C16H13F3N2O. The van der Waals surface area contributed by atoms with Crippen LogP contribution in [0.4, 0.5) is 13.2 Å². The molecule has 1 unspecified atom stereocenters. The Morgan fingerprint density at radius 2 is 1.91 bits per heavy atom. The molecule has 1 heterocycles. The second kappa shape index (κ2) is 5.46. The highest BCUT2D eigenvalue weighted by Gasteiger charge is 2.20. The number of aliphatic hydroxyl groups excluding tert-OH is 1. The third-order valence-electron chi connectivity index (χ3n) is 3.55. The van der Waals surface area contributed by atoms with Crippen LogP contribution in [-0.2, 0) is 7.05 Å². The molecule has 0 saturated heterocycles. The zero-order chi connectivity index (χ0) is 15.9. The van der Waals surface area contributed by atoms with E-state index < -0.39 is 12.5 Å². The Balaban J connectivity index is 2.15. The van der Waals surface area contributed by atoms with Gasteiger partial charge in [0.15, 0.2) is 0 Å². The molecule has 0 spiro atoms. The van der Waals surface area contributed by atoms with Crippen molar-refractivity contribution in [2.45, 2.75) is 12.5 Å². The van der Waals surface area contributed by atoms with Gasteiger partial charge >= 0.3 is 0 Å². The third-order valence-corrected chi connectivity index (χ3v) is 3.55. The molecule has 0 aliphatic rings. The summed E-state index contributed by atoms with van der Waals surface area (Å²) in [5, 5.41) is 14.5. The summed E-state index contributed by atoms with van der Waals surface area (Å²) >= 11 is 0. The van der Waals surface area contributed by atoms with Gasteiger partial charge in [-0.2, -0.15) is 5.10 Å². The molecular weight excluding hydrogens is 293 g/mol. The third kappa shape index (κ3) is 2.46. The number of hydrogen-bond acceptors (Lipinski definition) is 2. The first-order valence-corrected chi connectivity index (χ1v) is 6.66. The van der Waals surface area contributed by atoms with E-state index in [4.69, 9.17) is 0 Å². The predicted molar refractivity (Wildman–Crippen MR) is 77.1 cm³/mol. The monoisotopic (exact) mass is 306 g/mol. The van der Waals surface area contributed by atoms with E-state index in [2.05, 4.69) is 5.10 Å². The summed E-state index contributed by atoms with van der Waals surface area (Å²) in [5.41, 5.74) is 1.88. The average molecular weight is 306 g/mol. The van der Waals surface area contributed by atoms with Crippen molar-refractivity contribution in [2.75, 3.05) is 0 Å². The summed E-state index contributed by atoms with van der Waals surface area (Å²) in [5.74, 6) is -0.374. The number of alkyl halides is 2. The average Bonchev–Trinajstić information content (AvgIpc) is 2.83. The van der Waals surface area contributed by atoms with Crippen molar-refractivity contribution in [1.82, 2.24) is 9.78 Å². The normalized spacial score (nSPS) is 13.0. The number of nitrogens with zero attached hydrogens (tertiary/aromatic N) is 2. The van der Waals surface area contributed by atoms with Crippen molar-refractivity contribution in [2.24, 2.45) is 7.05 Å². The van der Waals surface area contributed by atoms with Crippen molar-refractivity contribution in [3.63, 3.8) is 0 Å². The molecule has 0 amide bonds. The molecule has 3 aromatic rings. The number of fused-ring (bicyclic) bond motifs is 1. The quantitative estimate of drug-likeness (QED) is 0.801. The van der Waals surface area contributed by atoms with E-state index >= 15 is 0 Å². The van der Waals surface area contributed by atoms with Crippen molar-refractivity contribution < 1.29 is 18.3 Å². The molecule has 1 aromatic heterocycles. The van der Waals surface area contributed by atoms with E-state index in [9.17, 15) is 18.3 Å². The van der Waals surface area contributed by atoms with Crippen LogP contribution in [0.5, 0.6) is 0 Å². The van der Waals surface area contributed by atoms with Gasteiger partial charge in [-0.3, -0.25) is 4.68 Å². The van der Waals surface area contributed by atoms with Crippen molar-refractivity contribution in [3.8, 4) is 11.3 Å². The molecule has 22 heavy (non-hydrogen) atoms. The zero-order valence-corrected chi connectivity index (χ0v) is 11.7. The van der Waals surface area contributed by atoms with Crippen LogP contribution < -0.4 is 0 Å². The van der Waals surface area contributed by atoms with E-state index in [-0.39, 0.29) is 11.4 Å². The van der Waals surface area contributed by atoms with Gasteiger partial charge in [0.25, 0.3) is 6.43 Å². The zero-order valence-electron chi connectivity index (χ0n) is 11.7. The summed E-state index contributed by atoms with van der Waals surface area (Å²) in [6.45, 7) is 0. The number of rotatable bonds is 3. The molecule has 1 atom stereocenters. The second-order valence-electron chi connectivity index (χ2n) is 5.04. The molecule has 0 aliphatic heterocycles. The Morgan fingerprint density at radius 3 is 2.59 bits per heavy atom. The van der Waals surface area contributed by atoms with Crippen LogP contribution >= 0.6 is 0 Å². The first-order valence-electron chi connectivity index (χ1n) is 6.66. The summed E-state index contributed by atoms with van der Waals surface area (Å²) < 4.78 is 40.1. The number of hydrogen-bond donors (Lipinski definition) is 1. The molecule has 0 fully saturated rings. The Bertz CT molecular complexity index is 829. The maximum Gasteiger partial charge on any atom is 0.268 e. The van der Waals surface area contributed by atoms with Crippen molar-refractivity contribution >= 4 is 10.9 Å². The summed E-state index contributed by atoms with van der Waals surface area (Å²) in [6.07, 6.45) is -4.69. The largest absolute Gasteiger partial charge is 0.382 e. The maximum absolute atomic E-state index is 13.4. The van der Waals surface area contributed by atoms with Gasteiger partial charge in [-0.05, 0) is 23.8 Å². The van der Waals surface area contributed by atoms with Gasteiger partial charge < -0.3 is 5.11 Å². The van der Waals surface area contributed by atoms with Crippen LogP contribution in [0, 0.1) is 5.82 Å². The van der Waals surface area contributed by atoms with Gasteiger partial charge in [0.2, 0.25) is 0 Å². The SMILES string of the molecule is Cn1nc(-c2cccc(F)c2)c2ccc(C(O)C(F)F)cc21. The molecule has 2 aromatic carbocycles. The van der Waals surface area contributed by atoms with E-state index in [1.54, 1.807) is 25.2 Å². The summed E-state index contributed by atoms with van der Waals surface area (Å²) in [4.78, 5) is 0. The number of aliphatic hydroxyl groups is 1. The first-order chi connectivity index (χ1) is 10.5. The van der Waals surface area contributed by atoms with Gasteiger partial charge in [-0.1, -0.05) is 24.3 Å². The Kier molecular flexibility index (Phi) is 3.62. The maximum atomic E-state index is 13.4. The van der Waals surface area contributed by atoms with Crippen molar-refractivity contribution in [1.29, 1.82) is 0 Å². The lowest BCUT2D eigenvalue weighted by Crippen LogP contribution is -2.07. The lowest BCUT2D eigenvalue weighted by Gasteiger charge is -2.09. The lowest BCUT2D eigenvalue weighted by molar-refractivity contribution is -0.00571. The van der Waals surface area contributed by atoms with E-state index in [0.717, 1.165) is 0 Å². The van der Waals surface area contributed by atoms with Crippen LogP contribution in [0.1, 0.15) is 11.7 Å². The molecule has 3 nitrogen and oxygen atoms in total. The van der Waals surface area contributed by atoms with E-state index in [1.165, 1.54) is 28.9 Å². The second-order valence-corrected chi connectivity index (χ2v) is 5.04. The molecule has 114 valence electrons. The fourth-order valence-electron chi connectivity index (χ4n) is 2.45. The molecule has 0 aliphatic carbocycles. The smallest absolute Gasteiger partial charge is 0.268 e. The van der Waals surface area contributed by atoms with Crippen molar-refractivity contribution in [3.05, 3.63) is 53.8 Å².